The van der Waals surface area contributed by atoms with E-state index in [0.29, 0.717) is 12.1 Å². The molecule has 0 heterocycles. The fraction of sp³-hybridized carbons (Fsp3) is 0.333. The summed E-state index contributed by atoms with van der Waals surface area (Å²) >= 11 is 2.47. The molecule has 0 amide bonds. The first-order chi connectivity index (χ1) is 7.64. The number of hydrogen-bond donors (Lipinski definition) is 0. The number of benzene rings is 1. The van der Waals surface area contributed by atoms with Crippen LogP contribution in [-0.4, -0.2) is 0 Å². The molecular weight excluding hydrogens is 318 g/mol. The van der Waals surface area contributed by atoms with Gasteiger partial charge < -0.3 is 3.83 Å². The minimum absolute atomic E-state index is 0.0672. The van der Waals surface area contributed by atoms with Crippen molar-refractivity contribution in [3.05, 3.63) is 34.9 Å². The van der Waals surface area contributed by atoms with Gasteiger partial charge in [0.15, 0.2) is 0 Å². The van der Waals surface area contributed by atoms with Crippen LogP contribution in [0.25, 0.3) is 0 Å². The van der Waals surface area contributed by atoms with Gasteiger partial charge in [-0.25, -0.2) is 0 Å². The topological polar surface area (TPSA) is 9.23 Å². The molecular formula is C9H5BrF6O. The van der Waals surface area contributed by atoms with Crippen LogP contribution in [0.15, 0.2) is 18.2 Å². The summed E-state index contributed by atoms with van der Waals surface area (Å²) in [5.74, 6) is 0. The van der Waals surface area contributed by atoms with Gasteiger partial charge in [0.1, 0.15) is 0 Å². The molecule has 0 aliphatic rings. The lowest BCUT2D eigenvalue weighted by molar-refractivity contribution is -0.143. The van der Waals surface area contributed by atoms with Crippen LogP contribution in [0, 0.1) is 0 Å². The fourth-order valence-electron chi connectivity index (χ4n) is 1.17. The second kappa shape index (κ2) is 4.85. The quantitative estimate of drug-likeness (QED) is 0.726. The van der Waals surface area contributed by atoms with Crippen LogP contribution in [0.3, 0.4) is 0 Å². The van der Waals surface area contributed by atoms with Crippen LogP contribution in [0.5, 0.6) is 0 Å². The molecule has 17 heavy (non-hydrogen) atoms. The molecule has 0 spiro atoms. The Morgan fingerprint density at radius 3 is 1.59 bits per heavy atom. The van der Waals surface area contributed by atoms with Crippen molar-refractivity contribution in [2.45, 2.75) is 19.0 Å². The predicted octanol–water partition coefficient (Wildman–Crippen LogP) is 4.55. The van der Waals surface area contributed by atoms with Crippen LogP contribution in [-0.2, 0) is 22.8 Å². The van der Waals surface area contributed by atoms with E-state index in [9.17, 15) is 26.3 Å². The highest BCUT2D eigenvalue weighted by Gasteiger charge is 2.36. The highest BCUT2D eigenvalue weighted by molar-refractivity contribution is 9.06. The maximum atomic E-state index is 12.4. The maximum Gasteiger partial charge on any atom is 0.416 e. The summed E-state index contributed by atoms with van der Waals surface area (Å²) in [6.07, 6.45) is -9.66. The normalized spacial score (nSPS) is 12.9. The highest BCUT2D eigenvalue weighted by atomic mass is 79.9. The monoisotopic (exact) mass is 322 g/mol. The molecule has 0 aliphatic carbocycles. The van der Waals surface area contributed by atoms with E-state index in [-0.39, 0.29) is 11.6 Å². The summed E-state index contributed by atoms with van der Waals surface area (Å²) in [7, 11) is 0. The molecule has 0 fully saturated rings. The fourth-order valence-corrected chi connectivity index (χ4v) is 1.43. The van der Waals surface area contributed by atoms with Gasteiger partial charge in [-0.15, -0.1) is 0 Å². The molecule has 0 atom stereocenters. The Kier molecular flexibility index (Phi) is 4.08. The largest absolute Gasteiger partial charge is 0.416 e. The van der Waals surface area contributed by atoms with Crippen molar-refractivity contribution in [3.63, 3.8) is 0 Å². The van der Waals surface area contributed by atoms with Gasteiger partial charge in [-0.2, -0.15) is 26.3 Å². The van der Waals surface area contributed by atoms with Gasteiger partial charge in [0.2, 0.25) is 0 Å². The summed E-state index contributed by atoms with van der Waals surface area (Å²) in [4.78, 5) is 0. The maximum absolute atomic E-state index is 12.4. The van der Waals surface area contributed by atoms with Gasteiger partial charge in [-0.3, -0.25) is 0 Å². The first-order valence-electron chi connectivity index (χ1n) is 4.16. The summed E-state index contributed by atoms with van der Waals surface area (Å²) in [6, 6.07) is 1.28. The molecule has 96 valence electrons. The molecule has 0 saturated heterocycles. The van der Waals surface area contributed by atoms with E-state index >= 15 is 0 Å². The Morgan fingerprint density at radius 1 is 0.882 bits per heavy atom. The van der Waals surface area contributed by atoms with Crippen LogP contribution < -0.4 is 0 Å². The number of alkyl halides is 6. The first kappa shape index (κ1) is 14.3. The molecule has 1 rings (SSSR count). The van der Waals surface area contributed by atoms with Crippen LogP contribution >= 0.6 is 16.3 Å². The number of hydrogen-bond acceptors (Lipinski definition) is 1. The van der Waals surface area contributed by atoms with E-state index in [4.69, 9.17) is 0 Å². The highest BCUT2D eigenvalue weighted by Crippen LogP contribution is 2.36. The van der Waals surface area contributed by atoms with Crippen molar-refractivity contribution < 1.29 is 30.2 Å². The Morgan fingerprint density at radius 2 is 1.29 bits per heavy atom. The van der Waals surface area contributed by atoms with Gasteiger partial charge >= 0.3 is 12.4 Å². The first-order valence-corrected chi connectivity index (χ1v) is 4.81. The van der Waals surface area contributed by atoms with E-state index in [2.05, 4.69) is 20.1 Å². The lowest BCUT2D eigenvalue weighted by atomic mass is 10.1. The Hall–Kier alpha value is -0.760. The molecule has 0 N–H and O–H groups in total. The molecule has 0 bridgehead atoms. The third-order valence-corrected chi connectivity index (χ3v) is 2.10. The average molecular weight is 323 g/mol. The summed E-state index contributed by atoms with van der Waals surface area (Å²) in [5.41, 5.74) is -2.93. The third kappa shape index (κ3) is 3.88. The smallest absolute Gasteiger partial charge is 0.303 e. The Balaban J connectivity index is 3.29. The lowest BCUT2D eigenvalue weighted by Gasteiger charge is -2.13. The van der Waals surface area contributed by atoms with Crippen molar-refractivity contribution in [1.29, 1.82) is 0 Å². The lowest BCUT2D eigenvalue weighted by Crippen LogP contribution is -2.11. The zero-order valence-corrected chi connectivity index (χ0v) is 9.58. The predicted molar refractivity (Wildman–Crippen MR) is 50.2 cm³/mol. The van der Waals surface area contributed by atoms with E-state index < -0.39 is 30.1 Å². The number of rotatable bonds is 2. The number of halogens is 7. The molecule has 0 aromatic heterocycles. The van der Waals surface area contributed by atoms with E-state index in [1.54, 1.807) is 0 Å². The van der Waals surface area contributed by atoms with E-state index in [1.807, 2.05) is 0 Å². The van der Waals surface area contributed by atoms with Crippen LogP contribution in [0.1, 0.15) is 16.7 Å². The van der Waals surface area contributed by atoms with E-state index in [1.165, 1.54) is 0 Å². The molecule has 1 nitrogen and oxygen atoms in total. The van der Waals surface area contributed by atoms with Gasteiger partial charge in [-0.1, -0.05) is 0 Å². The van der Waals surface area contributed by atoms with Crippen molar-refractivity contribution in [2.24, 2.45) is 0 Å². The van der Waals surface area contributed by atoms with Gasteiger partial charge in [0.05, 0.1) is 34.0 Å². The van der Waals surface area contributed by atoms with Crippen molar-refractivity contribution in [2.75, 3.05) is 0 Å². The molecule has 1 aromatic carbocycles. The minimum Gasteiger partial charge on any atom is -0.303 e. The van der Waals surface area contributed by atoms with Crippen LogP contribution in [0.4, 0.5) is 26.3 Å². The third-order valence-electron chi connectivity index (χ3n) is 1.87. The molecule has 0 aliphatic heterocycles. The molecule has 0 unspecified atom stereocenters. The molecule has 0 radical (unpaired) electrons. The summed E-state index contributed by atoms with van der Waals surface area (Å²) < 4.78 is 78.5. The van der Waals surface area contributed by atoms with Gasteiger partial charge in [0.25, 0.3) is 0 Å². The minimum atomic E-state index is -4.83. The van der Waals surface area contributed by atoms with Crippen molar-refractivity contribution in [3.8, 4) is 0 Å². The summed E-state index contributed by atoms with van der Waals surface area (Å²) in [6.45, 7) is -0.396. The molecule has 1 aromatic rings. The standard InChI is InChI=1S/C9H5BrF6O/c10-17-4-5-1-6(8(11,12)13)3-7(2-5)9(14,15)16/h1-3H,4H2. The average Bonchev–Trinajstić information content (AvgIpc) is 2.15. The summed E-state index contributed by atoms with van der Waals surface area (Å²) in [5, 5.41) is 0. The second-order valence-electron chi connectivity index (χ2n) is 3.17. The SMILES string of the molecule is FC(F)(F)c1cc(COBr)cc(C(F)(F)F)c1. The molecule has 0 saturated carbocycles. The Bertz CT molecular complexity index is 365. The van der Waals surface area contributed by atoms with Gasteiger partial charge in [-0.05, 0) is 23.8 Å². The van der Waals surface area contributed by atoms with E-state index in [0.717, 1.165) is 0 Å². The zero-order chi connectivity index (χ0) is 13.3. The zero-order valence-electron chi connectivity index (χ0n) is 7.99. The van der Waals surface area contributed by atoms with Crippen molar-refractivity contribution in [1.82, 2.24) is 0 Å². The second-order valence-corrected chi connectivity index (χ2v) is 3.63. The molecule has 8 heteroatoms. The van der Waals surface area contributed by atoms with Crippen molar-refractivity contribution >= 4 is 16.3 Å². The Labute approximate surface area is 101 Å². The van der Waals surface area contributed by atoms with Crippen LogP contribution in [0.2, 0.25) is 0 Å². The van der Waals surface area contributed by atoms with Gasteiger partial charge in [0, 0.05) is 0 Å².